The number of hydrazone groups is 1. The number of hydrogen-bond donors (Lipinski definition) is 1. The van der Waals surface area contributed by atoms with E-state index in [1.165, 1.54) is 11.3 Å². The van der Waals surface area contributed by atoms with Gasteiger partial charge in [-0.3, -0.25) is 4.79 Å². The largest absolute Gasteiger partial charge is 0.364 e. The van der Waals surface area contributed by atoms with E-state index in [0.717, 1.165) is 28.3 Å². The van der Waals surface area contributed by atoms with Crippen LogP contribution in [0.4, 0.5) is 5.69 Å². The fourth-order valence-electron chi connectivity index (χ4n) is 5.29. The lowest BCUT2D eigenvalue weighted by Crippen LogP contribution is -2.51. The summed E-state index contributed by atoms with van der Waals surface area (Å²) >= 11 is 0. The Kier molecular flexibility index (Phi) is 5.81. The summed E-state index contributed by atoms with van der Waals surface area (Å²) in [6.07, 6.45) is 2.87. The molecule has 0 spiro atoms. The van der Waals surface area contributed by atoms with Gasteiger partial charge in [0.25, 0.3) is 5.91 Å². The minimum atomic E-state index is -0.205. The molecule has 4 nitrogen and oxygen atoms in total. The van der Waals surface area contributed by atoms with E-state index in [9.17, 15) is 4.79 Å². The Labute approximate surface area is 191 Å². The van der Waals surface area contributed by atoms with Crippen molar-refractivity contribution < 1.29 is 4.79 Å². The van der Waals surface area contributed by atoms with Gasteiger partial charge in [0.1, 0.15) is 0 Å². The van der Waals surface area contributed by atoms with Gasteiger partial charge in [-0.1, -0.05) is 37.3 Å². The molecule has 1 aliphatic heterocycles. The highest BCUT2D eigenvalue weighted by Crippen LogP contribution is 2.45. The number of carbonyl (C=O) groups excluding carboxylic acids is 1. The Morgan fingerprint density at radius 2 is 1.84 bits per heavy atom. The quantitative estimate of drug-likeness (QED) is 0.386. The minimum absolute atomic E-state index is 0.121. The molecule has 1 heterocycles. The molecule has 166 valence electrons. The Morgan fingerprint density at radius 3 is 2.56 bits per heavy atom. The highest BCUT2D eigenvalue weighted by Gasteiger charge is 2.37. The van der Waals surface area contributed by atoms with Gasteiger partial charge in [0.15, 0.2) is 0 Å². The van der Waals surface area contributed by atoms with Crippen LogP contribution in [0.15, 0.2) is 59.7 Å². The number of nitrogens with zero attached hydrogens (tertiary/aromatic N) is 2. The van der Waals surface area contributed by atoms with Gasteiger partial charge in [0.2, 0.25) is 0 Å². The predicted molar refractivity (Wildman–Crippen MR) is 135 cm³/mol. The summed E-state index contributed by atoms with van der Waals surface area (Å²) < 4.78 is 0. The molecule has 1 atom stereocenters. The maximum atomic E-state index is 12.6. The number of rotatable bonds is 4. The van der Waals surface area contributed by atoms with Crippen molar-refractivity contribution in [1.29, 1.82) is 0 Å². The summed E-state index contributed by atoms with van der Waals surface area (Å²) in [7, 11) is 0. The molecular weight excluding hydrogens is 394 g/mol. The van der Waals surface area contributed by atoms with Crippen LogP contribution in [0.2, 0.25) is 0 Å². The van der Waals surface area contributed by atoms with E-state index in [4.69, 9.17) is 0 Å². The number of hydrogen-bond acceptors (Lipinski definition) is 3. The normalized spacial score (nSPS) is 17.7. The Bertz CT molecular complexity index is 1190. The summed E-state index contributed by atoms with van der Waals surface area (Å²) in [6.45, 7) is 13.6. The molecule has 0 saturated carbocycles. The fraction of sp³-hybridized carbons (Fsp3) is 0.357. The molecule has 3 aromatic carbocycles. The Morgan fingerprint density at radius 1 is 1.12 bits per heavy atom. The van der Waals surface area contributed by atoms with Crippen molar-refractivity contribution in [2.45, 2.75) is 65.5 Å². The van der Waals surface area contributed by atoms with E-state index in [0.29, 0.717) is 17.5 Å². The third-order valence-electron chi connectivity index (χ3n) is 6.56. The maximum Gasteiger partial charge on any atom is 0.271 e. The number of anilines is 1. The summed E-state index contributed by atoms with van der Waals surface area (Å²) in [6, 6.07) is 18.7. The molecule has 0 bridgehead atoms. The van der Waals surface area contributed by atoms with Crippen LogP contribution in [0.3, 0.4) is 0 Å². The monoisotopic (exact) mass is 427 g/mol. The van der Waals surface area contributed by atoms with Crippen LogP contribution in [0.25, 0.3) is 10.8 Å². The fourth-order valence-corrected chi connectivity index (χ4v) is 5.29. The SMILES string of the molecule is Cc1cc2c(cc1/C=N/NC(=O)c1ccc3ccccc3c1)C(C)CC(C)(C)N2C(C)C. The molecule has 1 N–H and O–H groups in total. The minimum Gasteiger partial charge on any atom is -0.364 e. The van der Waals surface area contributed by atoms with Crippen LogP contribution in [0.5, 0.6) is 0 Å². The van der Waals surface area contributed by atoms with E-state index in [1.54, 1.807) is 6.21 Å². The molecular formula is C28H33N3O. The molecule has 1 aliphatic rings. The zero-order valence-corrected chi connectivity index (χ0v) is 19.9. The van der Waals surface area contributed by atoms with Crippen LogP contribution >= 0.6 is 0 Å². The molecule has 3 aromatic rings. The number of amides is 1. The average molecular weight is 428 g/mol. The van der Waals surface area contributed by atoms with E-state index in [-0.39, 0.29) is 11.4 Å². The molecule has 0 saturated heterocycles. The lowest BCUT2D eigenvalue weighted by molar-refractivity contribution is 0.0955. The number of benzene rings is 3. The first-order chi connectivity index (χ1) is 15.2. The smallest absolute Gasteiger partial charge is 0.271 e. The molecule has 0 fully saturated rings. The van der Waals surface area contributed by atoms with Crippen molar-refractivity contribution >= 4 is 28.6 Å². The van der Waals surface area contributed by atoms with Crippen LogP contribution in [0.1, 0.15) is 74.0 Å². The molecule has 4 rings (SSSR count). The van der Waals surface area contributed by atoms with Crippen LogP contribution < -0.4 is 10.3 Å². The van der Waals surface area contributed by atoms with E-state index in [1.807, 2.05) is 42.5 Å². The first kappa shape index (κ1) is 22.1. The maximum absolute atomic E-state index is 12.6. The Hall–Kier alpha value is -3.14. The van der Waals surface area contributed by atoms with E-state index in [2.05, 4.69) is 69.1 Å². The summed E-state index contributed by atoms with van der Waals surface area (Å²) in [5, 5.41) is 6.44. The van der Waals surface area contributed by atoms with Crippen molar-refractivity contribution in [3.63, 3.8) is 0 Å². The Balaban J connectivity index is 1.57. The molecule has 1 unspecified atom stereocenters. The van der Waals surface area contributed by atoms with Crippen molar-refractivity contribution in [2.75, 3.05) is 4.90 Å². The van der Waals surface area contributed by atoms with Crippen LogP contribution in [-0.2, 0) is 0 Å². The van der Waals surface area contributed by atoms with Gasteiger partial charge in [-0.25, -0.2) is 5.43 Å². The second-order valence-corrected chi connectivity index (χ2v) is 9.91. The second kappa shape index (κ2) is 8.42. The summed E-state index contributed by atoms with van der Waals surface area (Å²) in [5.41, 5.74) is 8.28. The predicted octanol–water partition coefficient (Wildman–Crippen LogP) is 6.41. The topological polar surface area (TPSA) is 44.7 Å². The zero-order valence-electron chi connectivity index (χ0n) is 19.9. The number of aryl methyl sites for hydroxylation is 1. The van der Waals surface area contributed by atoms with Gasteiger partial charge in [-0.2, -0.15) is 5.10 Å². The van der Waals surface area contributed by atoms with Crippen molar-refractivity contribution in [2.24, 2.45) is 5.10 Å². The highest BCUT2D eigenvalue weighted by atomic mass is 16.2. The van der Waals surface area contributed by atoms with E-state index >= 15 is 0 Å². The number of nitrogens with one attached hydrogen (secondary N) is 1. The average Bonchev–Trinajstić information content (AvgIpc) is 2.73. The molecule has 0 aromatic heterocycles. The molecule has 32 heavy (non-hydrogen) atoms. The molecule has 0 radical (unpaired) electrons. The van der Waals surface area contributed by atoms with Gasteiger partial charge >= 0.3 is 0 Å². The van der Waals surface area contributed by atoms with Gasteiger partial charge in [0, 0.05) is 22.8 Å². The van der Waals surface area contributed by atoms with Crippen LogP contribution in [-0.4, -0.2) is 23.7 Å². The molecule has 1 amide bonds. The molecule has 4 heteroatoms. The van der Waals surface area contributed by atoms with Crippen molar-refractivity contribution in [3.8, 4) is 0 Å². The lowest BCUT2D eigenvalue weighted by Gasteiger charge is -2.50. The van der Waals surface area contributed by atoms with Crippen molar-refractivity contribution in [1.82, 2.24) is 5.43 Å². The van der Waals surface area contributed by atoms with E-state index < -0.39 is 0 Å². The van der Waals surface area contributed by atoms with Crippen molar-refractivity contribution in [3.05, 3.63) is 76.9 Å². The third-order valence-corrected chi connectivity index (χ3v) is 6.56. The first-order valence-corrected chi connectivity index (χ1v) is 11.4. The second-order valence-electron chi connectivity index (χ2n) is 9.91. The number of fused-ring (bicyclic) bond motifs is 2. The van der Waals surface area contributed by atoms with Gasteiger partial charge in [0.05, 0.1) is 6.21 Å². The van der Waals surface area contributed by atoms with Gasteiger partial charge < -0.3 is 4.90 Å². The highest BCUT2D eigenvalue weighted by molar-refractivity contribution is 5.99. The summed E-state index contributed by atoms with van der Waals surface area (Å²) in [5.74, 6) is 0.263. The van der Waals surface area contributed by atoms with Crippen LogP contribution in [0, 0.1) is 6.92 Å². The summed E-state index contributed by atoms with van der Waals surface area (Å²) in [4.78, 5) is 15.1. The van der Waals surface area contributed by atoms with Gasteiger partial charge in [-0.15, -0.1) is 0 Å². The third kappa shape index (κ3) is 4.14. The molecule has 0 aliphatic carbocycles. The standard InChI is InChI=1S/C28H33N3O/c1-18(2)31-26-13-19(3)24(15-25(26)20(4)16-28(31,5)6)17-29-30-27(32)23-12-11-21-9-7-8-10-22(21)14-23/h7-15,17-18,20H,16H2,1-6H3,(H,30,32)/b29-17+. The zero-order chi connectivity index (χ0) is 23.0. The lowest BCUT2D eigenvalue weighted by atomic mass is 9.78. The first-order valence-electron chi connectivity index (χ1n) is 11.4. The van der Waals surface area contributed by atoms with Gasteiger partial charge in [-0.05, 0) is 98.7 Å². The number of carbonyl (C=O) groups is 1.